The molecule has 0 radical (unpaired) electrons. The first-order chi connectivity index (χ1) is 29.1. The summed E-state index contributed by atoms with van der Waals surface area (Å²) in [6.07, 6.45) is -0.371. The molecular weight excluding hydrogens is 962 g/mol. The van der Waals surface area contributed by atoms with Crippen LogP contribution in [0.5, 0.6) is 11.8 Å². The molecule has 0 aliphatic carbocycles. The monoisotopic (exact) mass is 987 g/mol. The number of hydrogen-bond donors (Lipinski definition) is 8. The largest absolute Gasteiger partial charge is 0.505 e. The highest BCUT2D eigenvalue weighted by Crippen LogP contribution is 2.46. The van der Waals surface area contributed by atoms with Crippen molar-refractivity contribution in [1.29, 1.82) is 0 Å². The standard InChI is InChI=1S/C32H27Cl2N11O14S4/c1-13(2)59-32-41-28(34)40-31(43-32)36-19-11-16(5-7-21(19)61(50,51)52)35-29-38-27(33)39-30(42-29)37-20-12-17(60(47,48)49)9-15-10-23(63(56,57)58)25(26(46)24(15)20)45-44-18-6-4-14(3)8-22(18)62(53,54)55/h4-13,46H,1-3H3,(H,47,48,49)(H,50,51,52)(H,53,54,55)(H,56,57,58)(H,36,40,41,43)(H2,35,37,38,39,42). The van der Waals surface area contributed by atoms with Crippen LogP contribution >= 0.6 is 23.2 Å². The number of nitrogens with one attached hydrogen (secondary N) is 3. The van der Waals surface area contributed by atoms with Gasteiger partial charge in [-0.3, -0.25) is 28.2 Å². The van der Waals surface area contributed by atoms with Gasteiger partial charge in [-0.2, -0.15) is 48.6 Å². The normalized spacial score (nSPS) is 13.8. The minimum Gasteiger partial charge on any atom is -0.505 e. The molecule has 332 valence electrons. The molecule has 0 amide bonds. The summed E-state index contributed by atoms with van der Waals surface area (Å²) in [5.41, 5.74) is -3.37. The van der Waals surface area contributed by atoms with Gasteiger partial charge < -0.3 is 14.8 Å². The molecule has 0 unspecified atom stereocenters. The average molecular weight is 989 g/mol. The molecule has 0 aliphatic rings. The van der Waals surface area contributed by atoms with Gasteiger partial charge in [-0.25, -0.2) is 15.0 Å². The van der Waals surface area contributed by atoms with E-state index in [1.165, 1.54) is 13.0 Å². The zero-order valence-corrected chi connectivity index (χ0v) is 36.4. The maximum Gasteiger partial charge on any atom is 0.299 e. The van der Waals surface area contributed by atoms with Crippen molar-refractivity contribution in [2.75, 3.05) is 0 Å². The molecule has 0 atom stereocenters. The highest BCUT2D eigenvalue weighted by Gasteiger charge is 2.26. The Balaban J connectivity index is 1.58. The van der Waals surface area contributed by atoms with Gasteiger partial charge in [-0.05, 0) is 103 Å². The number of fused-ring (bicyclic) bond motifs is 1. The minimum absolute atomic E-state index is 0.0909. The van der Waals surface area contributed by atoms with E-state index in [1.807, 2.05) is 0 Å². The lowest BCUT2D eigenvalue weighted by molar-refractivity contribution is 0.220. The molecule has 0 saturated heterocycles. The number of aromatic nitrogens is 6. The lowest BCUT2D eigenvalue weighted by Gasteiger charge is -2.12. The Labute approximate surface area is 363 Å². The van der Waals surface area contributed by atoms with Crippen molar-refractivity contribution in [3.05, 3.63) is 87.6 Å². The SMILES string of the molecule is Cc1ccc(N=Nc2c(S(=O)(=O)O)cc3cc(S(=O)(=O)O)cc(N=c4[nH]c(Cl)nc(=Nc5ccc(S(=O)(=O)O)c(N=c6nc(Cl)nc(OC(C)C)[nH]6)c5)[nH]4)c3c2O)c(S(=O)(=O)O)c1. The number of aromatic amines is 3. The second kappa shape index (κ2) is 17.3. The Morgan fingerprint density at radius 3 is 1.95 bits per heavy atom. The predicted molar refractivity (Wildman–Crippen MR) is 217 cm³/mol. The highest BCUT2D eigenvalue weighted by atomic mass is 35.5. The van der Waals surface area contributed by atoms with Crippen LogP contribution in [0.4, 0.5) is 28.4 Å². The third-order valence-electron chi connectivity index (χ3n) is 7.86. The third kappa shape index (κ3) is 11.1. The molecule has 6 rings (SSSR count). The Kier molecular flexibility index (Phi) is 12.7. The first-order valence-electron chi connectivity index (χ1n) is 16.9. The summed E-state index contributed by atoms with van der Waals surface area (Å²) >= 11 is 12.2. The molecule has 25 nitrogen and oxygen atoms in total. The number of H-pyrrole nitrogens is 3. The van der Waals surface area contributed by atoms with E-state index in [4.69, 9.17) is 27.9 Å². The van der Waals surface area contributed by atoms with Crippen LogP contribution in [0.1, 0.15) is 19.4 Å². The Morgan fingerprint density at radius 2 is 1.32 bits per heavy atom. The summed E-state index contributed by atoms with van der Waals surface area (Å²) < 4.78 is 144. The Morgan fingerprint density at radius 1 is 0.651 bits per heavy atom. The van der Waals surface area contributed by atoms with Gasteiger partial charge >= 0.3 is 0 Å². The predicted octanol–water partition coefficient (Wildman–Crippen LogP) is 4.22. The van der Waals surface area contributed by atoms with Gasteiger partial charge in [0.05, 0.1) is 33.4 Å². The van der Waals surface area contributed by atoms with Crippen LogP contribution in [0.2, 0.25) is 10.6 Å². The number of nitrogens with zero attached hydrogens (tertiary/aromatic N) is 8. The second-order valence-corrected chi connectivity index (χ2v) is 19.2. The molecule has 63 heavy (non-hydrogen) atoms. The average Bonchev–Trinajstić information content (AvgIpc) is 3.12. The maximum atomic E-state index is 12.6. The zero-order valence-electron chi connectivity index (χ0n) is 31.7. The van der Waals surface area contributed by atoms with Crippen molar-refractivity contribution < 1.29 is 61.7 Å². The number of ether oxygens (including phenoxy) is 1. The van der Waals surface area contributed by atoms with Crippen LogP contribution in [0.15, 0.2) is 99.4 Å². The Hall–Kier alpha value is -6.02. The van der Waals surface area contributed by atoms with Crippen LogP contribution in [-0.4, -0.2) is 93.0 Å². The number of aromatic hydroxyl groups is 1. The highest BCUT2D eigenvalue weighted by molar-refractivity contribution is 7.86. The number of benzene rings is 4. The van der Waals surface area contributed by atoms with Crippen molar-refractivity contribution in [3.8, 4) is 11.8 Å². The molecule has 31 heteroatoms. The molecule has 8 N–H and O–H groups in total. The molecule has 2 heterocycles. The van der Waals surface area contributed by atoms with Gasteiger partial charge in [-0.1, -0.05) is 6.07 Å². The number of aryl methyl sites for hydroxylation is 1. The molecule has 0 bridgehead atoms. The second-order valence-electron chi connectivity index (χ2n) is 12.9. The molecule has 0 spiro atoms. The van der Waals surface area contributed by atoms with Crippen LogP contribution in [0.3, 0.4) is 0 Å². The van der Waals surface area contributed by atoms with Gasteiger partial charge in [0.2, 0.25) is 27.4 Å². The van der Waals surface area contributed by atoms with Crippen LogP contribution in [-0.2, 0) is 40.5 Å². The van der Waals surface area contributed by atoms with Crippen molar-refractivity contribution in [2.45, 2.75) is 46.5 Å². The third-order valence-corrected chi connectivity index (χ3v) is 11.7. The van der Waals surface area contributed by atoms with Crippen molar-refractivity contribution in [2.24, 2.45) is 25.2 Å². The number of halogens is 2. The number of phenolic OH excluding ortho intramolecular Hbond substituents is 1. The van der Waals surface area contributed by atoms with E-state index in [9.17, 15) is 57.0 Å². The lowest BCUT2D eigenvalue weighted by Crippen LogP contribution is -2.26. The fourth-order valence-corrected chi connectivity index (χ4v) is 8.23. The van der Waals surface area contributed by atoms with Gasteiger partial charge in [0.25, 0.3) is 46.5 Å². The van der Waals surface area contributed by atoms with Crippen molar-refractivity contribution in [1.82, 2.24) is 29.9 Å². The lowest BCUT2D eigenvalue weighted by atomic mass is 10.1. The quantitative estimate of drug-likeness (QED) is 0.0665. The van der Waals surface area contributed by atoms with Gasteiger partial charge in [0.1, 0.15) is 26.1 Å². The summed E-state index contributed by atoms with van der Waals surface area (Å²) in [5.74, 6) is -1.13. The van der Waals surface area contributed by atoms with E-state index < -0.39 is 110 Å². The van der Waals surface area contributed by atoms with E-state index in [1.54, 1.807) is 13.8 Å². The van der Waals surface area contributed by atoms with Gasteiger partial charge in [0.15, 0.2) is 5.75 Å². The minimum atomic E-state index is -5.35. The zero-order chi connectivity index (χ0) is 46.4. The van der Waals surface area contributed by atoms with Gasteiger partial charge in [-0.15, -0.1) is 10.2 Å². The molecular formula is C32H27Cl2N11O14S4. The number of hydrogen-bond acceptors (Lipinski definition) is 18. The van der Waals surface area contributed by atoms with Crippen LogP contribution in [0.25, 0.3) is 10.8 Å². The van der Waals surface area contributed by atoms with E-state index >= 15 is 0 Å². The topological polar surface area (TPSA) is 395 Å². The number of azo groups is 1. The summed E-state index contributed by atoms with van der Waals surface area (Å²) in [6.45, 7) is 4.87. The first kappa shape index (κ1) is 46.5. The van der Waals surface area contributed by atoms with Crippen LogP contribution in [0, 0.1) is 6.92 Å². The van der Waals surface area contributed by atoms with E-state index in [2.05, 4.69) is 55.1 Å². The smallest absolute Gasteiger partial charge is 0.299 e. The fraction of sp³-hybridized carbons (Fsp3) is 0.125. The maximum absolute atomic E-state index is 12.6. The van der Waals surface area contributed by atoms with Crippen molar-refractivity contribution in [3.63, 3.8) is 0 Å². The summed E-state index contributed by atoms with van der Waals surface area (Å²) in [5, 5.41) is 17.2. The Bertz CT molecular complexity index is 3600. The molecule has 0 aliphatic heterocycles. The van der Waals surface area contributed by atoms with Crippen LogP contribution < -0.4 is 21.6 Å². The molecule has 4 aromatic carbocycles. The summed E-state index contributed by atoms with van der Waals surface area (Å²) in [6, 6.07) is 8.59. The first-order valence-corrected chi connectivity index (χ1v) is 23.4. The summed E-state index contributed by atoms with van der Waals surface area (Å²) in [4.78, 5) is 28.5. The van der Waals surface area contributed by atoms with E-state index in [0.717, 1.165) is 36.4 Å². The van der Waals surface area contributed by atoms with Gasteiger partial charge in [0, 0.05) is 0 Å². The van der Waals surface area contributed by atoms with E-state index in [0.29, 0.717) is 17.7 Å². The fourth-order valence-electron chi connectivity index (χ4n) is 5.39. The number of phenols is 1. The van der Waals surface area contributed by atoms with E-state index in [-0.39, 0.29) is 34.3 Å². The molecule has 0 fully saturated rings. The number of rotatable bonds is 11. The summed E-state index contributed by atoms with van der Waals surface area (Å²) in [7, 11) is -20.3. The molecule has 0 saturated carbocycles. The molecule has 2 aromatic heterocycles. The van der Waals surface area contributed by atoms with Crippen molar-refractivity contribution >= 4 is 103 Å². The molecule has 6 aromatic rings.